The minimum absolute atomic E-state index is 0.0528. The Morgan fingerprint density at radius 1 is 0.463 bits per heavy atom. The smallest absolute Gasteiger partial charge is 0.308 e. The van der Waals surface area contributed by atoms with Crippen LogP contribution in [0.25, 0.3) is 0 Å². The fraction of sp³-hybridized carbons (Fsp3) is 0.958. The van der Waals surface area contributed by atoms with Gasteiger partial charge in [-0.05, 0) is 89.8 Å². The van der Waals surface area contributed by atoms with Crippen LogP contribution in [-0.4, -0.2) is 59.9 Å². The summed E-state index contributed by atoms with van der Waals surface area (Å²) in [6.07, 6.45) is 39.3. The molecule has 0 bridgehead atoms. The van der Waals surface area contributed by atoms with Crippen molar-refractivity contribution < 1.29 is 24.5 Å². The lowest BCUT2D eigenvalue weighted by molar-refractivity contribution is -0.149. The van der Waals surface area contributed by atoms with Crippen molar-refractivity contribution in [2.75, 3.05) is 32.8 Å². The summed E-state index contributed by atoms with van der Waals surface area (Å²) in [5.41, 5.74) is 0. The molecule has 0 amide bonds. The molecule has 0 spiro atoms. The fourth-order valence-corrected chi connectivity index (χ4v) is 8.24. The first kappa shape index (κ1) is 52.9. The molecule has 6 nitrogen and oxygen atoms in total. The van der Waals surface area contributed by atoms with E-state index in [0.29, 0.717) is 12.5 Å². The molecule has 0 heterocycles. The van der Waals surface area contributed by atoms with Crippen LogP contribution in [0.15, 0.2) is 0 Å². The molecule has 0 aliphatic carbocycles. The molecule has 0 aromatic rings. The topological polar surface area (TPSA) is 87.1 Å². The van der Waals surface area contributed by atoms with Crippen molar-refractivity contribution in [3.63, 3.8) is 0 Å². The highest BCUT2D eigenvalue weighted by Crippen LogP contribution is 2.30. The van der Waals surface area contributed by atoms with E-state index in [1.54, 1.807) is 0 Å². The number of carbonyl (C=O) groups is 2. The van der Waals surface area contributed by atoms with E-state index in [1.165, 1.54) is 122 Å². The largest absolute Gasteiger partial charge is 0.481 e. The predicted molar refractivity (Wildman–Crippen MR) is 232 cm³/mol. The molecule has 0 rings (SSSR count). The number of nitrogens with zero attached hydrogens (tertiary/aromatic N) is 1. The summed E-state index contributed by atoms with van der Waals surface area (Å²) in [4.78, 5) is 27.9. The van der Waals surface area contributed by atoms with Gasteiger partial charge in [0.1, 0.15) is 0 Å². The Balaban J connectivity index is 4.56. The monoisotopic (exact) mass is 766 g/mol. The maximum atomic E-state index is 13.0. The maximum Gasteiger partial charge on any atom is 0.308 e. The van der Waals surface area contributed by atoms with Crippen molar-refractivity contribution in [3.05, 3.63) is 0 Å². The zero-order chi connectivity index (χ0) is 39.7. The Bertz CT molecular complexity index is 791. The van der Waals surface area contributed by atoms with Gasteiger partial charge in [0.05, 0.1) is 18.4 Å². The van der Waals surface area contributed by atoms with Crippen LogP contribution in [-0.2, 0) is 14.3 Å². The summed E-state index contributed by atoms with van der Waals surface area (Å²) >= 11 is 0. The van der Waals surface area contributed by atoms with Crippen LogP contribution in [0, 0.1) is 17.8 Å². The predicted octanol–water partition coefficient (Wildman–Crippen LogP) is 14.1. The van der Waals surface area contributed by atoms with Gasteiger partial charge in [0.25, 0.3) is 0 Å². The maximum absolute atomic E-state index is 13.0. The SMILES string of the molecule is CCCCCCCCC(CCCCCC)C(=O)OCCCCCCN(CCCCO)CCCCCCC(CCCCC)C(CCCCCCCC)C(=O)O. The Morgan fingerprint density at radius 2 is 0.833 bits per heavy atom. The molecule has 322 valence electrons. The number of esters is 1. The van der Waals surface area contributed by atoms with Crippen LogP contribution in [0.2, 0.25) is 0 Å². The van der Waals surface area contributed by atoms with Gasteiger partial charge in [-0.1, -0.05) is 182 Å². The van der Waals surface area contributed by atoms with Crippen LogP contribution < -0.4 is 0 Å². The Hall–Kier alpha value is -1.14. The molecule has 0 aromatic heterocycles. The zero-order valence-corrected chi connectivity index (χ0v) is 36.9. The Morgan fingerprint density at radius 3 is 1.33 bits per heavy atom. The second-order valence-electron chi connectivity index (χ2n) is 16.9. The summed E-state index contributed by atoms with van der Waals surface area (Å²) in [5, 5.41) is 19.5. The normalized spacial score (nSPS) is 13.4. The van der Waals surface area contributed by atoms with Crippen molar-refractivity contribution >= 4 is 11.9 Å². The number of aliphatic carboxylic acids is 1. The third-order valence-corrected chi connectivity index (χ3v) is 11.9. The molecule has 0 aromatic carbocycles. The highest BCUT2D eigenvalue weighted by Gasteiger charge is 2.27. The molecule has 54 heavy (non-hydrogen) atoms. The van der Waals surface area contributed by atoms with E-state index < -0.39 is 5.97 Å². The average Bonchev–Trinajstić information content (AvgIpc) is 3.16. The van der Waals surface area contributed by atoms with Gasteiger partial charge in [-0.2, -0.15) is 0 Å². The van der Waals surface area contributed by atoms with E-state index in [4.69, 9.17) is 4.74 Å². The van der Waals surface area contributed by atoms with Gasteiger partial charge >= 0.3 is 11.9 Å². The molecule has 3 atom stereocenters. The summed E-state index contributed by atoms with van der Waals surface area (Å²) in [6, 6.07) is 0. The van der Waals surface area contributed by atoms with Gasteiger partial charge in [-0.25, -0.2) is 0 Å². The second-order valence-corrected chi connectivity index (χ2v) is 16.9. The molecule has 0 radical (unpaired) electrons. The summed E-state index contributed by atoms with van der Waals surface area (Å²) < 4.78 is 5.83. The molecule has 0 aliphatic heterocycles. The minimum Gasteiger partial charge on any atom is -0.481 e. The van der Waals surface area contributed by atoms with E-state index in [0.717, 1.165) is 116 Å². The first-order chi connectivity index (χ1) is 26.4. The summed E-state index contributed by atoms with van der Waals surface area (Å²) in [6.45, 7) is 13.1. The fourth-order valence-electron chi connectivity index (χ4n) is 8.24. The molecule has 6 heteroatoms. The lowest BCUT2D eigenvalue weighted by Gasteiger charge is -2.25. The van der Waals surface area contributed by atoms with Crippen LogP contribution in [0.4, 0.5) is 0 Å². The first-order valence-electron chi connectivity index (χ1n) is 24.2. The van der Waals surface area contributed by atoms with E-state index in [9.17, 15) is 19.8 Å². The minimum atomic E-state index is -0.565. The lowest BCUT2D eigenvalue weighted by Crippen LogP contribution is -2.27. The van der Waals surface area contributed by atoms with Gasteiger partial charge in [-0.3, -0.25) is 9.59 Å². The molecule has 2 N–H and O–H groups in total. The van der Waals surface area contributed by atoms with Gasteiger partial charge in [0.2, 0.25) is 0 Å². The third kappa shape index (κ3) is 33.0. The molecular weight excluding hydrogens is 671 g/mol. The number of carboxylic acids is 1. The third-order valence-electron chi connectivity index (χ3n) is 11.9. The van der Waals surface area contributed by atoms with Gasteiger partial charge < -0.3 is 19.8 Å². The van der Waals surface area contributed by atoms with Crippen molar-refractivity contribution in [2.45, 2.75) is 246 Å². The number of carboxylic acid groups (broad SMARTS) is 1. The Labute approximate surface area is 337 Å². The molecule has 0 saturated heterocycles. The van der Waals surface area contributed by atoms with Gasteiger partial charge in [-0.15, -0.1) is 0 Å². The highest BCUT2D eigenvalue weighted by molar-refractivity contribution is 5.72. The molecule has 3 unspecified atom stereocenters. The lowest BCUT2D eigenvalue weighted by atomic mass is 9.80. The van der Waals surface area contributed by atoms with Crippen LogP contribution in [0.3, 0.4) is 0 Å². The van der Waals surface area contributed by atoms with Crippen molar-refractivity contribution in [2.24, 2.45) is 17.8 Å². The molecule has 0 aliphatic rings. The number of hydrogen-bond donors (Lipinski definition) is 2. The quantitative estimate of drug-likeness (QED) is 0.0474. The Kier molecular flexibility index (Phi) is 40.6. The number of ether oxygens (including phenoxy) is 1. The van der Waals surface area contributed by atoms with Crippen LogP contribution >= 0.6 is 0 Å². The van der Waals surface area contributed by atoms with Gasteiger partial charge in [0.15, 0.2) is 0 Å². The number of aliphatic hydroxyl groups is 1. The van der Waals surface area contributed by atoms with Crippen molar-refractivity contribution in [3.8, 4) is 0 Å². The van der Waals surface area contributed by atoms with Gasteiger partial charge in [0, 0.05) is 6.61 Å². The first-order valence-corrected chi connectivity index (χ1v) is 24.2. The average molecular weight is 766 g/mol. The number of hydrogen-bond acceptors (Lipinski definition) is 5. The highest BCUT2D eigenvalue weighted by atomic mass is 16.5. The van der Waals surface area contributed by atoms with E-state index in [2.05, 4.69) is 32.6 Å². The summed E-state index contributed by atoms with van der Waals surface area (Å²) in [7, 11) is 0. The van der Waals surface area contributed by atoms with Crippen LogP contribution in [0.1, 0.15) is 246 Å². The van der Waals surface area contributed by atoms with Crippen molar-refractivity contribution in [1.82, 2.24) is 4.90 Å². The van der Waals surface area contributed by atoms with E-state index >= 15 is 0 Å². The standard InChI is InChI=1S/C48H95NO5/c1-5-9-13-16-18-27-37-45(36-25-15-11-7-3)48(53)54-43-33-23-22-30-40-49(41-31-32-42-50)39-29-21-20-26-35-44(34-24-12-8-4)46(47(51)52)38-28-19-17-14-10-6-2/h44-46,50H,5-43H2,1-4H3,(H,51,52). The van der Waals surface area contributed by atoms with Crippen LogP contribution in [0.5, 0.6) is 0 Å². The van der Waals surface area contributed by atoms with E-state index in [-0.39, 0.29) is 24.4 Å². The number of aliphatic hydroxyl groups excluding tert-OH is 1. The van der Waals surface area contributed by atoms with E-state index in [1.807, 2.05) is 0 Å². The molecular formula is C48H95NO5. The number of unbranched alkanes of at least 4 members (excludes halogenated alkanes) is 22. The molecule has 0 fully saturated rings. The van der Waals surface area contributed by atoms with Crippen molar-refractivity contribution in [1.29, 1.82) is 0 Å². The number of rotatable bonds is 44. The molecule has 0 saturated carbocycles. The summed E-state index contributed by atoms with van der Waals surface area (Å²) in [5.74, 6) is -0.272. The zero-order valence-electron chi connectivity index (χ0n) is 36.9. The second kappa shape index (κ2) is 41.5. The number of carbonyl (C=O) groups excluding carboxylic acids is 1.